The SMILES string of the molecule is CC12CCC(C)(O)C(CCC1=O)C2=O. The first-order valence-electron chi connectivity index (χ1n) is 5.18. The molecule has 0 aromatic heterocycles. The minimum Gasteiger partial charge on any atom is -0.389 e. The maximum Gasteiger partial charge on any atom is 0.152 e. The van der Waals surface area contributed by atoms with E-state index in [-0.39, 0.29) is 17.5 Å². The zero-order valence-corrected chi connectivity index (χ0v) is 8.67. The maximum atomic E-state index is 12.0. The van der Waals surface area contributed by atoms with Gasteiger partial charge in [0.15, 0.2) is 5.78 Å². The molecule has 0 spiro atoms. The van der Waals surface area contributed by atoms with Gasteiger partial charge in [-0.25, -0.2) is 0 Å². The molecule has 0 heterocycles. The third kappa shape index (κ3) is 1.08. The highest BCUT2D eigenvalue weighted by Crippen LogP contribution is 2.47. The molecule has 0 aromatic carbocycles. The predicted octanol–water partition coefficient (Wildman–Crippen LogP) is 1.09. The van der Waals surface area contributed by atoms with Gasteiger partial charge in [0.1, 0.15) is 5.78 Å². The van der Waals surface area contributed by atoms with Crippen molar-refractivity contribution in [2.75, 3.05) is 0 Å². The van der Waals surface area contributed by atoms with Gasteiger partial charge >= 0.3 is 0 Å². The lowest BCUT2D eigenvalue weighted by molar-refractivity contribution is -0.163. The quantitative estimate of drug-likeness (QED) is 0.590. The number of hydrogen-bond donors (Lipinski definition) is 1. The Morgan fingerprint density at radius 3 is 2.57 bits per heavy atom. The molecule has 78 valence electrons. The van der Waals surface area contributed by atoms with Crippen LogP contribution in [0.4, 0.5) is 0 Å². The first-order chi connectivity index (χ1) is 6.38. The number of aliphatic hydroxyl groups is 1. The van der Waals surface area contributed by atoms with E-state index >= 15 is 0 Å². The van der Waals surface area contributed by atoms with Crippen molar-refractivity contribution in [1.82, 2.24) is 0 Å². The second kappa shape index (κ2) is 2.66. The van der Waals surface area contributed by atoms with Crippen molar-refractivity contribution in [3.8, 4) is 0 Å². The zero-order valence-electron chi connectivity index (χ0n) is 8.67. The number of carbonyl (C=O) groups excluding carboxylic acids is 2. The van der Waals surface area contributed by atoms with Crippen molar-refractivity contribution in [2.45, 2.75) is 45.1 Å². The molecule has 0 aromatic rings. The fourth-order valence-corrected chi connectivity index (χ4v) is 2.74. The summed E-state index contributed by atoms with van der Waals surface area (Å²) in [6, 6.07) is 0. The Labute approximate surface area is 83.5 Å². The normalized spacial score (nSPS) is 48.1. The Morgan fingerprint density at radius 2 is 1.93 bits per heavy atom. The van der Waals surface area contributed by atoms with Gasteiger partial charge in [-0.1, -0.05) is 0 Å². The summed E-state index contributed by atoms with van der Waals surface area (Å²) >= 11 is 0. The van der Waals surface area contributed by atoms with Crippen LogP contribution < -0.4 is 0 Å². The van der Waals surface area contributed by atoms with Gasteiger partial charge in [0.2, 0.25) is 0 Å². The fourth-order valence-electron chi connectivity index (χ4n) is 2.74. The largest absolute Gasteiger partial charge is 0.389 e. The molecule has 2 aliphatic carbocycles. The summed E-state index contributed by atoms with van der Waals surface area (Å²) in [4.78, 5) is 23.6. The number of fused-ring (bicyclic) bond motifs is 2. The lowest BCUT2D eigenvalue weighted by Gasteiger charge is -2.47. The summed E-state index contributed by atoms with van der Waals surface area (Å²) in [5.41, 5.74) is -1.68. The third-order valence-electron chi connectivity index (χ3n) is 4.02. The Bertz CT molecular complexity index is 306. The third-order valence-corrected chi connectivity index (χ3v) is 4.02. The molecule has 2 aliphatic rings. The summed E-state index contributed by atoms with van der Waals surface area (Å²) in [6.07, 6.45) is 2.04. The number of Topliss-reactive ketones (excluding diaryl/α,β-unsaturated/α-hetero) is 2. The van der Waals surface area contributed by atoms with Crippen molar-refractivity contribution in [3.63, 3.8) is 0 Å². The van der Waals surface area contributed by atoms with E-state index in [4.69, 9.17) is 0 Å². The van der Waals surface area contributed by atoms with Crippen molar-refractivity contribution < 1.29 is 14.7 Å². The van der Waals surface area contributed by atoms with Crippen molar-refractivity contribution in [2.24, 2.45) is 11.3 Å². The van der Waals surface area contributed by atoms with Crippen LogP contribution in [0.1, 0.15) is 39.5 Å². The van der Waals surface area contributed by atoms with Crippen LogP contribution in [0.15, 0.2) is 0 Å². The van der Waals surface area contributed by atoms with Crippen LogP contribution in [0.5, 0.6) is 0 Å². The second-order valence-corrected chi connectivity index (χ2v) is 5.07. The zero-order chi connectivity index (χ0) is 10.6. The Hall–Kier alpha value is -0.700. The van der Waals surface area contributed by atoms with Crippen LogP contribution in [-0.4, -0.2) is 22.3 Å². The first kappa shape index (κ1) is 9.84. The molecule has 0 amide bonds. The summed E-state index contributed by atoms with van der Waals surface area (Å²) in [5, 5.41) is 10.0. The van der Waals surface area contributed by atoms with Gasteiger partial charge in [0, 0.05) is 12.3 Å². The van der Waals surface area contributed by atoms with E-state index in [2.05, 4.69) is 0 Å². The lowest BCUT2D eigenvalue weighted by atomic mass is 9.56. The number of carbonyl (C=O) groups is 2. The molecule has 14 heavy (non-hydrogen) atoms. The molecule has 1 N–H and O–H groups in total. The summed E-state index contributed by atoms with van der Waals surface area (Å²) in [6.45, 7) is 3.45. The molecule has 2 fully saturated rings. The minimum absolute atomic E-state index is 0.0370. The highest BCUT2D eigenvalue weighted by molar-refractivity contribution is 6.10. The van der Waals surface area contributed by atoms with Crippen LogP contribution in [-0.2, 0) is 9.59 Å². The topological polar surface area (TPSA) is 54.4 Å². The van der Waals surface area contributed by atoms with E-state index in [1.807, 2.05) is 0 Å². The average molecular weight is 196 g/mol. The number of rotatable bonds is 0. The van der Waals surface area contributed by atoms with Crippen LogP contribution in [0.25, 0.3) is 0 Å². The molecule has 0 radical (unpaired) electrons. The Kier molecular flexibility index (Phi) is 1.87. The van der Waals surface area contributed by atoms with Crippen LogP contribution >= 0.6 is 0 Å². The molecule has 2 rings (SSSR count). The van der Waals surface area contributed by atoms with Gasteiger partial charge in [0.05, 0.1) is 11.0 Å². The molecule has 3 unspecified atom stereocenters. The fraction of sp³-hybridized carbons (Fsp3) is 0.818. The molecular formula is C11H16O3. The van der Waals surface area contributed by atoms with E-state index < -0.39 is 11.0 Å². The highest BCUT2D eigenvalue weighted by Gasteiger charge is 2.56. The van der Waals surface area contributed by atoms with Gasteiger partial charge in [0.25, 0.3) is 0 Å². The van der Waals surface area contributed by atoms with Gasteiger partial charge in [-0.2, -0.15) is 0 Å². The molecule has 0 saturated heterocycles. The molecule has 3 atom stereocenters. The van der Waals surface area contributed by atoms with E-state index in [0.717, 1.165) is 0 Å². The second-order valence-electron chi connectivity index (χ2n) is 5.07. The maximum absolute atomic E-state index is 12.0. The molecule has 0 aliphatic heterocycles. The van der Waals surface area contributed by atoms with Crippen molar-refractivity contribution in [1.29, 1.82) is 0 Å². The van der Waals surface area contributed by atoms with E-state index in [9.17, 15) is 14.7 Å². The molecular weight excluding hydrogens is 180 g/mol. The lowest BCUT2D eigenvalue weighted by Crippen LogP contribution is -2.57. The molecule has 2 saturated carbocycles. The molecule has 3 heteroatoms. The highest BCUT2D eigenvalue weighted by atomic mass is 16.3. The van der Waals surface area contributed by atoms with E-state index in [0.29, 0.717) is 25.7 Å². The standard InChI is InChI=1S/C11H16O3/c1-10-5-6-11(2,14)7(9(10)13)3-4-8(10)12/h7,14H,3-6H2,1-2H3. The molecule has 3 nitrogen and oxygen atoms in total. The van der Waals surface area contributed by atoms with E-state index in [1.165, 1.54) is 0 Å². The molecule has 2 bridgehead atoms. The van der Waals surface area contributed by atoms with Crippen molar-refractivity contribution >= 4 is 11.6 Å². The average Bonchev–Trinajstić information content (AvgIpc) is 2.10. The summed E-state index contributed by atoms with van der Waals surface area (Å²) in [7, 11) is 0. The summed E-state index contributed by atoms with van der Waals surface area (Å²) in [5.74, 6) is -0.293. The van der Waals surface area contributed by atoms with Gasteiger partial charge in [-0.05, 0) is 33.1 Å². The smallest absolute Gasteiger partial charge is 0.152 e. The minimum atomic E-state index is -0.892. The van der Waals surface area contributed by atoms with Gasteiger partial charge in [-0.15, -0.1) is 0 Å². The predicted molar refractivity (Wildman–Crippen MR) is 50.7 cm³/mol. The van der Waals surface area contributed by atoms with Gasteiger partial charge < -0.3 is 5.11 Å². The monoisotopic (exact) mass is 196 g/mol. The first-order valence-corrected chi connectivity index (χ1v) is 5.18. The number of ketones is 2. The van der Waals surface area contributed by atoms with E-state index in [1.54, 1.807) is 13.8 Å². The van der Waals surface area contributed by atoms with Crippen molar-refractivity contribution in [3.05, 3.63) is 0 Å². The van der Waals surface area contributed by atoms with Crippen LogP contribution in [0.2, 0.25) is 0 Å². The number of hydrogen-bond acceptors (Lipinski definition) is 3. The summed E-state index contributed by atoms with van der Waals surface area (Å²) < 4.78 is 0. The van der Waals surface area contributed by atoms with Gasteiger partial charge in [-0.3, -0.25) is 9.59 Å². The van der Waals surface area contributed by atoms with Crippen LogP contribution in [0, 0.1) is 11.3 Å². The Balaban J connectivity index is 2.39. The Morgan fingerprint density at radius 1 is 1.29 bits per heavy atom. The van der Waals surface area contributed by atoms with Crippen LogP contribution in [0.3, 0.4) is 0 Å².